The van der Waals surface area contributed by atoms with Crippen LogP contribution in [0.1, 0.15) is 32.9 Å². The van der Waals surface area contributed by atoms with E-state index in [1.54, 1.807) is 0 Å². The minimum absolute atomic E-state index is 0.0470. The van der Waals surface area contributed by atoms with Crippen LogP contribution in [0.25, 0.3) is 28.5 Å². The number of nitrogens with one attached hydrogen (secondary N) is 4. The third-order valence-electron chi connectivity index (χ3n) is 8.12. The average molecular weight is 505 g/mol. The molecule has 2 fully saturated rings. The Hall–Kier alpha value is -4.43. The predicted molar refractivity (Wildman–Crippen MR) is 147 cm³/mol. The minimum Gasteiger partial charge on any atom is -0.358 e. The van der Waals surface area contributed by atoms with Crippen LogP contribution in [0.2, 0.25) is 0 Å². The third-order valence-corrected chi connectivity index (χ3v) is 8.12. The van der Waals surface area contributed by atoms with Gasteiger partial charge in [-0.15, -0.1) is 0 Å². The maximum atomic E-state index is 13.1. The fourth-order valence-corrected chi connectivity index (χ4v) is 5.96. The standard InChI is InChI=1S/C30H28N6O2/c1-16-26(33-17(2)27(16)30(38)35-28-23-13-31-14-24(23)28)11-22-21-10-18(8-9-25(21)34-29(22)37)19-12-32-36(15-19)20-6-4-3-5-7-20/h3-12,15,23-24,28,31,33H,13-14H2,1-2H3,(H,34,37)(H,35,38). The number of hydrogen-bond acceptors (Lipinski definition) is 4. The van der Waals surface area contributed by atoms with E-state index in [1.165, 1.54) is 0 Å². The van der Waals surface area contributed by atoms with E-state index < -0.39 is 0 Å². The molecule has 8 heteroatoms. The Morgan fingerprint density at radius 2 is 1.87 bits per heavy atom. The molecule has 2 amide bonds. The van der Waals surface area contributed by atoms with Crippen LogP contribution in [0.4, 0.5) is 5.69 Å². The zero-order valence-corrected chi connectivity index (χ0v) is 21.2. The van der Waals surface area contributed by atoms with Gasteiger partial charge in [0, 0.05) is 53.5 Å². The van der Waals surface area contributed by atoms with E-state index in [9.17, 15) is 9.59 Å². The molecule has 2 aromatic heterocycles. The number of carbonyl (C=O) groups excluding carboxylic acids is 2. The van der Waals surface area contributed by atoms with Gasteiger partial charge >= 0.3 is 0 Å². The lowest BCUT2D eigenvalue weighted by atomic mass is 9.99. The summed E-state index contributed by atoms with van der Waals surface area (Å²) in [5.41, 5.74) is 8.16. The van der Waals surface area contributed by atoms with E-state index in [1.807, 2.05) is 85.5 Å². The van der Waals surface area contributed by atoms with Crippen molar-refractivity contribution in [2.24, 2.45) is 11.8 Å². The molecule has 4 aromatic rings. The monoisotopic (exact) mass is 504 g/mol. The Balaban J connectivity index is 1.19. The van der Waals surface area contributed by atoms with Gasteiger partial charge in [0.1, 0.15) is 0 Å². The van der Waals surface area contributed by atoms with Gasteiger partial charge in [0.25, 0.3) is 11.8 Å². The van der Waals surface area contributed by atoms with E-state index in [-0.39, 0.29) is 17.9 Å². The van der Waals surface area contributed by atoms with Gasteiger partial charge in [-0.05, 0) is 67.2 Å². The number of H-pyrrole nitrogens is 1. The molecule has 1 saturated heterocycles. The summed E-state index contributed by atoms with van der Waals surface area (Å²) in [5.74, 6) is 0.892. The lowest BCUT2D eigenvalue weighted by molar-refractivity contribution is -0.110. The number of nitrogens with zero attached hydrogens (tertiary/aromatic N) is 2. The van der Waals surface area contributed by atoms with Crippen LogP contribution < -0.4 is 16.0 Å². The quantitative estimate of drug-likeness (QED) is 0.309. The average Bonchev–Trinajstić information content (AvgIpc) is 3.45. The molecule has 2 aromatic carbocycles. The molecule has 8 nitrogen and oxygen atoms in total. The number of benzene rings is 2. The fourth-order valence-electron chi connectivity index (χ4n) is 5.96. The molecular weight excluding hydrogens is 476 g/mol. The summed E-state index contributed by atoms with van der Waals surface area (Å²) < 4.78 is 1.84. The SMILES string of the molecule is Cc1[nH]c(C=C2C(=O)Nc3ccc(-c4cnn(-c5ccccc5)c4)cc32)c(C)c1C(=O)NC1C2CNCC21. The molecule has 1 saturated carbocycles. The number of aromatic nitrogens is 3. The highest BCUT2D eigenvalue weighted by Crippen LogP contribution is 2.42. The van der Waals surface area contributed by atoms with Crippen molar-refractivity contribution in [1.82, 2.24) is 25.4 Å². The molecule has 0 bridgehead atoms. The first-order valence-electron chi connectivity index (χ1n) is 13.0. The van der Waals surface area contributed by atoms with Crippen molar-refractivity contribution < 1.29 is 9.59 Å². The molecule has 4 N–H and O–H groups in total. The Bertz CT molecular complexity index is 1620. The maximum absolute atomic E-state index is 13.1. The number of carbonyl (C=O) groups is 2. The first-order valence-corrected chi connectivity index (χ1v) is 13.0. The third kappa shape index (κ3) is 3.68. The highest BCUT2D eigenvalue weighted by molar-refractivity contribution is 6.35. The number of aryl methyl sites for hydroxylation is 1. The van der Waals surface area contributed by atoms with Crippen LogP contribution in [0.5, 0.6) is 0 Å². The molecule has 3 aliphatic rings. The second kappa shape index (κ2) is 8.56. The van der Waals surface area contributed by atoms with Gasteiger partial charge < -0.3 is 20.9 Å². The van der Waals surface area contributed by atoms with Crippen LogP contribution in [-0.4, -0.2) is 45.7 Å². The number of fused-ring (bicyclic) bond motifs is 2. The molecule has 2 atom stereocenters. The Labute approximate surface area is 220 Å². The van der Waals surface area contributed by atoms with Gasteiger partial charge in [0.05, 0.1) is 23.0 Å². The molecule has 7 rings (SSSR count). The summed E-state index contributed by atoms with van der Waals surface area (Å²) in [5, 5.41) is 14.1. The second-order valence-corrected chi connectivity index (χ2v) is 10.4. The maximum Gasteiger partial charge on any atom is 0.256 e. The lowest BCUT2D eigenvalue weighted by Gasteiger charge is -2.08. The van der Waals surface area contributed by atoms with Gasteiger partial charge in [-0.25, -0.2) is 4.68 Å². The van der Waals surface area contributed by atoms with Crippen molar-refractivity contribution >= 4 is 29.2 Å². The van der Waals surface area contributed by atoms with Crippen LogP contribution in [0, 0.1) is 25.7 Å². The molecule has 2 aliphatic heterocycles. The van der Waals surface area contributed by atoms with Crippen molar-refractivity contribution in [1.29, 1.82) is 0 Å². The number of para-hydroxylation sites is 1. The van der Waals surface area contributed by atoms with Gasteiger partial charge in [-0.3, -0.25) is 9.59 Å². The summed E-state index contributed by atoms with van der Waals surface area (Å²) in [6.45, 7) is 5.79. The van der Waals surface area contributed by atoms with Crippen LogP contribution >= 0.6 is 0 Å². The van der Waals surface area contributed by atoms with Gasteiger partial charge in [-0.1, -0.05) is 24.3 Å². The van der Waals surface area contributed by atoms with Crippen molar-refractivity contribution in [3.8, 4) is 16.8 Å². The number of rotatable bonds is 5. The van der Waals surface area contributed by atoms with Gasteiger partial charge in [0.15, 0.2) is 0 Å². The minimum atomic E-state index is -0.159. The fraction of sp³-hybridized carbons (Fsp3) is 0.233. The van der Waals surface area contributed by atoms with Crippen LogP contribution in [0.15, 0.2) is 60.9 Å². The van der Waals surface area contributed by atoms with E-state index >= 15 is 0 Å². The molecule has 190 valence electrons. The van der Waals surface area contributed by atoms with E-state index in [0.717, 1.165) is 58.1 Å². The number of anilines is 1. The highest BCUT2D eigenvalue weighted by Gasteiger charge is 2.53. The lowest BCUT2D eigenvalue weighted by Crippen LogP contribution is -2.33. The van der Waals surface area contributed by atoms with Crippen molar-refractivity contribution in [3.63, 3.8) is 0 Å². The summed E-state index contributed by atoms with van der Waals surface area (Å²) in [6, 6.07) is 16.1. The Morgan fingerprint density at radius 3 is 2.66 bits per heavy atom. The van der Waals surface area contributed by atoms with Crippen molar-refractivity contribution in [3.05, 3.63) is 89.0 Å². The first kappa shape index (κ1) is 22.7. The Morgan fingerprint density at radius 1 is 1.08 bits per heavy atom. The summed E-state index contributed by atoms with van der Waals surface area (Å²) in [6.07, 6.45) is 5.67. The van der Waals surface area contributed by atoms with E-state index in [2.05, 4.69) is 26.0 Å². The summed E-state index contributed by atoms with van der Waals surface area (Å²) in [7, 11) is 0. The molecule has 4 heterocycles. The van der Waals surface area contributed by atoms with Crippen molar-refractivity contribution in [2.75, 3.05) is 18.4 Å². The van der Waals surface area contributed by atoms with Crippen LogP contribution in [0.3, 0.4) is 0 Å². The topological polar surface area (TPSA) is 104 Å². The van der Waals surface area contributed by atoms with E-state index in [4.69, 9.17) is 0 Å². The number of amides is 2. The molecule has 0 radical (unpaired) electrons. The van der Waals surface area contributed by atoms with Crippen LogP contribution in [-0.2, 0) is 4.79 Å². The molecule has 2 unspecified atom stereocenters. The zero-order chi connectivity index (χ0) is 26.0. The molecule has 1 aliphatic carbocycles. The number of piperidine rings is 1. The molecule has 38 heavy (non-hydrogen) atoms. The molecule has 0 spiro atoms. The highest BCUT2D eigenvalue weighted by atomic mass is 16.2. The predicted octanol–water partition coefficient (Wildman–Crippen LogP) is 3.92. The molecular formula is C30H28N6O2. The normalized spacial score (nSPS) is 22.3. The summed E-state index contributed by atoms with van der Waals surface area (Å²) in [4.78, 5) is 29.4. The first-order chi connectivity index (χ1) is 18.5. The largest absolute Gasteiger partial charge is 0.358 e. The van der Waals surface area contributed by atoms with Gasteiger partial charge in [0.2, 0.25) is 0 Å². The number of aromatic amines is 1. The number of hydrogen-bond donors (Lipinski definition) is 4. The van der Waals surface area contributed by atoms with E-state index in [0.29, 0.717) is 23.0 Å². The van der Waals surface area contributed by atoms with Gasteiger partial charge in [-0.2, -0.15) is 5.10 Å². The van der Waals surface area contributed by atoms with Crippen molar-refractivity contribution in [2.45, 2.75) is 19.9 Å². The second-order valence-electron chi connectivity index (χ2n) is 10.4. The summed E-state index contributed by atoms with van der Waals surface area (Å²) >= 11 is 0. The smallest absolute Gasteiger partial charge is 0.256 e. The Kier molecular flexibility index (Phi) is 5.13. The zero-order valence-electron chi connectivity index (χ0n) is 21.2.